The number of carbonyl (C=O) groups is 1. The topological polar surface area (TPSA) is 26.3 Å². The molecular formula is C15H11BrF2O2. The van der Waals surface area contributed by atoms with Crippen LogP contribution in [0.2, 0.25) is 0 Å². The Bertz CT molecular complexity index is 684. The van der Waals surface area contributed by atoms with Gasteiger partial charge < -0.3 is 4.74 Å². The van der Waals surface area contributed by atoms with Gasteiger partial charge in [-0.15, -0.1) is 0 Å². The fraction of sp³-hybridized carbons (Fsp3) is 0.133. The van der Waals surface area contributed by atoms with E-state index in [0.717, 1.165) is 6.07 Å². The van der Waals surface area contributed by atoms with E-state index in [1.54, 1.807) is 12.1 Å². The molecule has 0 spiro atoms. The fourth-order valence-corrected chi connectivity index (χ4v) is 2.22. The van der Waals surface area contributed by atoms with Crippen molar-refractivity contribution in [2.75, 3.05) is 7.11 Å². The maximum Gasteiger partial charge on any atom is 0.202 e. The Balaban J connectivity index is 2.63. The number of halogens is 3. The van der Waals surface area contributed by atoms with Crippen molar-refractivity contribution in [3.63, 3.8) is 0 Å². The molecule has 0 radical (unpaired) electrons. The Hall–Kier alpha value is -1.75. The largest absolute Gasteiger partial charge is 0.496 e. The van der Waals surface area contributed by atoms with Crippen molar-refractivity contribution in [3.8, 4) is 5.75 Å². The number of aryl methyl sites for hydroxylation is 1. The lowest BCUT2D eigenvalue weighted by Crippen LogP contribution is -2.10. The maximum atomic E-state index is 14.0. The second-order valence-corrected chi connectivity index (χ2v) is 5.14. The van der Waals surface area contributed by atoms with Gasteiger partial charge >= 0.3 is 0 Å². The maximum absolute atomic E-state index is 14.0. The van der Waals surface area contributed by atoms with Gasteiger partial charge in [0, 0.05) is 4.47 Å². The molecule has 0 fully saturated rings. The van der Waals surface area contributed by atoms with Crippen LogP contribution in [0, 0.1) is 18.6 Å². The van der Waals surface area contributed by atoms with E-state index in [2.05, 4.69) is 15.9 Å². The quantitative estimate of drug-likeness (QED) is 0.779. The van der Waals surface area contributed by atoms with Crippen molar-refractivity contribution < 1.29 is 18.3 Å². The SMILES string of the molecule is COc1ccc(Br)cc1C(=O)c1c(F)ccc(C)c1F. The Labute approximate surface area is 123 Å². The van der Waals surface area contributed by atoms with Gasteiger partial charge in [0.25, 0.3) is 0 Å². The molecule has 0 aliphatic rings. The first kappa shape index (κ1) is 14.7. The van der Waals surface area contributed by atoms with E-state index in [1.807, 2.05) is 0 Å². The van der Waals surface area contributed by atoms with Crippen LogP contribution in [0.5, 0.6) is 5.75 Å². The summed E-state index contributed by atoms with van der Waals surface area (Å²) < 4.78 is 33.5. The molecule has 0 aliphatic carbocycles. The smallest absolute Gasteiger partial charge is 0.202 e. The molecule has 0 aromatic heterocycles. The number of benzene rings is 2. The van der Waals surface area contributed by atoms with Crippen molar-refractivity contribution in [2.24, 2.45) is 0 Å². The summed E-state index contributed by atoms with van der Waals surface area (Å²) in [6.07, 6.45) is 0. The fourth-order valence-electron chi connectivity index (χ4n) is 1.86. The molecule has 104 valence electrons. The highest BCUT2D eigenvalue weighted by Crippen LogP contribution is 2.28. The van der Waals surface area contributed by atoms with Gasteiger partial charge in [0.05, 0.1) is 18.2 Å². The molecule has 2 nitrogen and oxygen atoms in total. The first-order chi connectivity index (χ1) is 9.45. The molecule has 2 aromatic carbocycles. The van der Waals surface area contributed by atoms with Gasteiger partial charge in [-0.2, -0.15) is 0 Å². The van der Waals surface area contributed by atoms with Crippen LogP contribution in [-0.4, -0.2) is 12.9 Å². The Morgan fingerprint density at radius 2 is 1.90 bits per heavy atom. The minimum atomic E-state index is -0.889. The average Bonchev–Trinajstić information content (AvgIpc) is 2.43. The Kier molecular flexibility index (Phi) is 4.18. The zero-order valence-corrected chi connectivity index (χ0v) is 12.4. The lowest BCUT2D eigenvalue weighted by molar-refractivity contribution is 0.102. The lowest BCUT2D eigenvalue weighted by Gasteiger charge is -2.10. The van der Waals surface area contributed by atoms with Gasteiger partial charge in [-0.05, 0) is 36.8 Å². The summed E-state index contributed by atoms with van der Waals surface area (Å²) in [7, 11) is 1.39. The van der Waals surface area contributed by atoms with Crippen LogP contribution in [0.3, 0.4) is 0 Å². The molecule has 0 N–H and O–H groups in total. The Morgan fingerprint density at radius 3 is 2.55 bits per heavy atom. The summed E-state index contributed by atoms with van der Waals surface area (Å²) in [5, 5.41) is 0. The summed E-state index contributed by atoms with van der Waals surface area (Å²) in [4.78, 5) is 12.4. The molecule has 2 rings (SSSR count). The molecule has 0 heterocycles. The highest BCUT2D eigenvalue weighted by atomic mass is 79.9. The molecule has 2 aromatic rings. The molecule has 0 saturated carbocycles. The van der Waals surface area contributed by atoms with E-state index in [-0.39, 0.29) is 16.9 Å². The molecule has 0 bridgehead atoms. The molecular weight excluding hydrogens is 330 g/mol. The number of hydrogen-bond acceptors (Lipinski definition) is 2. The monoisotopic (exact) mass is 340 g/mol. The van der Waals surface area contributed by atoms with Gasteiger partial charge in [-0.25, -0.2) is 8.78 Å². The summed E-state index contributed by atoms with van der Waals surface area (Å²) in [6, 6.07) is 7.08. The van der Waals surface area contributed by atoms with Crippen LogP contribution < -0.4 is 4.74 Å². The minimum absolute atomic E-state index is 0.102. The van der Waals surface area contributed by atoms with Crippen LogP contribution in [0.25, 0.3) is 0 Å². The van der Waals surface area contributed by atoms with E-state index in [4.69, 9.17) is 4.74 Å². The summed E-state index contributed by atoms with van der Waals surface area (Å²) in [5.74, 6) is -2.22. The van der Waals surface area contributed by atoms with E-state index in [9.17, 15) is 13.6 Å². The second-order valence-electron chi connectivity index (χ2n) is 4.23. The van der Waals surface area contributed by atoms with E-state index < -0.39 is 23.0 Å². The number of carbonyl (C=O) groups excluding carboxylic acids is 1. The average molecular weight is 341 g/mol. The predicted molar refractivity (Wildman–Crippen MR) is 75.2 cm³/mol. The zero-order valence-electron chi connectivity index (χ0n) is 10.8. The third-order valence-electron chi connectivity index (χ3n) is 2.92. The highest BCUT2D eigenvalue weighted by molar-refractivity contribution is 9.10. The molecule has 0 saturated heterocycles. The third-order valence-corrected chi connectivity index (χ3v) is 3.41. The third kappa shape index (κ3) is 2.58. The second kappa shape index (κ2) is 5.71. The normalized spacial score (nSPS) is 10.4. The van der Waals surface area contributed by atoms with E-state index >= 15 is 0 Å². The van der Waals surface area contributed by atoms with E-state index in [1.165, 1.54) is 26.2 Å². The van der Waals surface area contributed by atoms with Crippen molar-refractivity contribution >= 4 is 21.7 Å². The number of methoxy groups -OCH3 is 1. The predicted octanol–water partition coefficient (Wildman–Crippen LogP) is 4.28. The Morgan fingerprint density at radius 1 is 1.20 bits per heavy atom. The van der Waals surface area contributed by atoms with Crippen molar-refractivity contribution in [2.45, 2.75) is 6.92 Å². The first-order valence-electron chi connectivity index (χ1n) is 5.78. The van der Waals surface area contributed by atoms with Gasteiger partial charge in [-0.3, -0.25) is 4.79 Å². The molecule has 5 heteroatoms. The summed E-state index contributed by atoms with van der Waals surface area (Å²) in [5.41, 5.74) is -0.254. The number of rotatable bonds is 3. The first-order valence-corrected chi connectivity index (χ1v) is 6.58. The van der Waals surface area contributed by atoms with Crippen LogP contribution in [-0.2, 0) is 0 Å². The van der Waals surface area contributed by atoms with E-state index in [0.29, 0.717) is 4.47 Å². The van der Waals surface area contributed by atoms with Gasteiger partial charge in [0.1, 0.15) is 17.4 Å². The molecule has 0 amide bonds. The van der Waals surface area contributed by atoms with Crippen molar-refractivity contribution in [3.05, 3.63) is 63.1 Å². The molecule has 0 atom stereocenters. The van der Waals surface area contributed by atoms with Gasteiger partial charge in [0.15, 0.2) is 0 Å². The number of ether oxygens (including phenoxy) is 1. The van der Waals surface area contributed by atoms with Crippen molar-refractivity contribution in [1.29, 1.82) is 0 Å². The van der Waals surface area contributed by atoms with Crippen molar-refractivity contribution in [1.82, 2.24) is 0 Å². The highest BCUT2D eigenvalue weighted by Gasteiger charge is 2.23. The molecule has 0 aliphatic heterocycles. The lowest BCUT2D eigenvalue weighted by atomic mass is 9.99. The number of hydrogen-bond donors (Lipinski definition) is 0. The van der Waals surface area contributed by atoms with Gasteiger partial charge in [0.2, 0.25) is 5.78 Å². The summed E-state index contributed by atoms with van der Waals surface area (Å²) in [6.45, 7) is 1.48. The number of ketones is 1. The van der Waals surface area contributed by atoms with Crippen LogP contribution in [0.15, 0.2) is 34.8 Å². The molecule has 0 unspecified atom stereocenters. The molecule has 20 heavy (non-hydrogen) atoms. The van der Waals surface area contributed by atoms with Crippen LogP contribution in [0.1, 0.15) is 21.5 Å². The zero-order chi connectivity index (χ0) is 14.9. The summed E-state index contributed by atoms with van der Waals surface area (Å²) >= 11 is 3.22. The van der Waals surface area contributed by atoms with Crippen LogP contribution in [0.4, 0.5) is 8.78 Å². The van der Waals surface area contributed by atoms with Gasteiger partial charge in [-0.1, -0.05) is 22.0 Å². The standard InChI is InChI=1S/C15H11BrF2O2/c1-8-3-5-11(17)13(14(8)18)15(19)10-7-9(16)4-6-12(10)20-2/h3-7H,1-2H3. The minimum Gasteiger partial charge on any atom is -0.496 e. The van der Waals surface area contributed by atoms with Crippen LogP contribution >= 0.6 is 15.9 Å².